The van der Waals surface area contributed by atoms with E-state index in [1.807, 2.05) is 0 Å². The van der Waals surface area contributed by atoms with Crippen molar-refractivity contribution < 1.29 is 18.3 Å². The molecule has 18 heavy (non-hydrogen) atoms. The highest BCUT2D eigenvalue weighted by atomic mass is 32.2. The molecular weight excluding hydrogens is 274 g/mol. The van der Waals surface area contributed by atoms with Crippen molar-refractivity contribution in [1.29, 1.82) is 0 Å². The van der Waals surface area contributed by atoms with Crippen LogP contribution in [0.3, 0.4) is 0 Å². The van der Waals surface area contributed by atoms with Crippen LogP contribution in [-0.2, 0) is 14.8 Å². The lowest BCUT2D eigenvalue weighted by Crippen LogP contribution is -2.42. The van der Waals surface area contributed by atoms with E-state index in [1.165, 1.54) is 15.6 Å². The van der Waals surface area contributed by atoms with Crippen molar-refractivity contribution in [2.75, 3.05) is 13.1 Å². The molecule has 0 amide bonds. The van der Waals surface area contributed by atoms with Crippen molar-refractivity contribution in [3.05, 3.63) is 17.0 Å². The second-order valence-electron chi connectivity index (χ2n) is 4.43. The zero-order chi connectivity index (χ0) is 13.3. The molecule has 0 radical (unpaired) electrons. The minimum atomic E-state index is -3.53. The van der Waals surface area contributed by atoms with Crippen LogP contribution in [0.5, 0.6) is 0 Å². The SMILES string of the molecule is Cc1ccsc1S(=O)(=O)N1CCC[C@H](C(=O)O)C1. The van der Waals surface area contributed by atoms with Gasteiger partial charge < -0.3 is 5.11 Å². The number of carboxylic acids is 1. The number of piperidine rings is 1. The van der Waals surface area contributed by atoms with E-state index in [9.17, 15) is 13.2 Å². The molecule has 1 aromatic heterocycles. The summed E-state index contributed by atoms with van der Waals surface area (Å²) >= 11 is 1.18. The average Bonchev–Trinajstić information content (AvgIpc) is 2.76. The molecule has 1 aromatic rings. The third kappa shape index (κ3) is 2.43. The number of hydrogen-bond donors (Lipinski definition) is 1. The Hall–Kier alpha value is -0.920. The summed E-state index contributed by atoms with van der Waals surface area (Å²) in [6.45, 7) is 2.24. The van der Waals surface area contributed by atoms with Crippen molar-refractivity contribution in [1.82, 2.24) is 4.31 Å². The Bertz CT molecular complexity index is 549. The minimum Gasteiger partial charge on any atom is -0.481 e. The summed E-state index contributed by atoms with van der Waals surface area (Å²) in [7, 11) is -3.53. The van der Waals surface area contributed by atoms with Crippen LogP contribution in [0.2, 0.25) is 0 Å². The number of sulfonamides is 1. The molecule has 0 spiro atoms. The smallest absolute Gasteiger partial charge is 0.307 e. The molecule has 0 bridgehead atoms. The fourth-order valence-electron chi connectivity index (χ4n) is 2.10. The number of rotatable bonds is 3. The quantitative estimate of drug-likeness (QED) is 0.916. The topological polar surface area (TPSA) is 74.7 Å². The summed E-state index contributed by atoms with van der Waals surface area (Å²) in [4.78, 5) is 11.0. The average molecular weight is 289 g/mol. The Kier molecular flexibility index (Phi) is 3.74. The number of carboxylic acid groups (broad SMARTS) is 1. The third-order valence-corrected chi connectivity index (χ3v) is 6.65. The standard InChI is InChI=1S/C11H15NO4S2/c1-8-4-6-17-11(8)18(15,16)12-5-2-3-9(7-12)10(13)14/h4,6,9H,2-3,5,7H2,1H3,(H,13,14)/t9-/m0/s1. The largest absolute Gasteiger partial charge is 0.481 e. The van der Waals surface area contributed by atoms with Gasteiger partial charge in [-0.15, -0.1) is 11.3 Å². The molecular formula is C11H15NO4S2. The molecule has 2 heterocycles. The molecule has 1 N–H and O–H groups in total. The number of nitrogens with zero attached hydrogens (tertiary/aromatic N) is 1. The molecule has 1 atom stereocenters. The summed E-state index contributed by atoms with van der Waals surface area (Å²) in [6, 6.07) is 1.76. The van der Waals surface area contributed by atoms with Gasteiger partial charge in [0, 0.05) is 13.1 Å². The Morgan fingerprint density at radius 3 is 2.83 bits per heavy atom. The van der Waals surface area contributed by atoms with E-state index >= 15 is 0 Å². The van der Waals surface area contributed by atoms with E-state index in [4.69, 9.17) is 5.11 Å². The first-order chi connectivity index (χ1) is 8.43. The number of thiophene rings is 1. The Morgan fingerprint density at radius 2 is 2.28 bits per heavy atom. The zero-order valence-electron chi connectivity index (χ0n) is 10.00. The second-order valence-corrected chi connectivity index (χ2v) is 7.48. The van der Waals surface area contributed by atoms with Gasteiger partial charge in [-0.2, -0.15) is 4.31 Å². The van der Waals surface area contributed by atoms with Crippen molar-refractivity contribution in [3.8, 4) is 0 Å². The fourth-order valence-corrected chi connectivity index (χ4v) is 5.18. The minimum absolute atomic E-state index is 0.0784. The van der Waals surface area contributed by atoms with E-state index in [2.05, 4.69) is 0 Å². The van der Waals surface area contributed by atoms with Crippen molar-refractivity contribution in [3.63, 3.8) is 0 Å². The van der Waals surface area contributed by atoms with Gasteiger partial charge in [0.15, 0.2) is 0 Å². The van der Waals surface area contributed by atoms with Gasteiger partial charge in [0.1, 0.15) is 4.21 Å². The molecule has 0 unspecified atom stereocenters. The maximum absolute atomic E-state index is 12.4. The Labute approximate surface area is 110 Å². The van der Waals surface area contributed by atoms with E-state index in [1.54, 1.807) is 18.4 Å². The molecule has 0 saturated carbocycles. The van der Waals surface area contributed by atoms with Crippen LogP contribution < -0.4 is 0 Å². The van der Waals surface area contributed by atoms with Crippen LogP contribution in [-0.4, -0.2) is 36.9 Å². The maximum atomic E-state index is 12.4. The van der Waals surface area contributed by atoms with Crippen LogP contribution in [0.15, 0.2) is 15.7 Å². The third-order valence-electron chi connectivity index (χ3n) is 3.12. The van der Waals surface area contributed by atoms with Gasteiger partial charge in [0.25, 0.3) is 10.0 Å². The Balaban J connectivity index is 2.26. The monoisotopic (exact) mass is 289 g/mol. The molecule has 1 saturated heterocycles. The highest BCUT2D eigenvalue weighted by molar-refractivity contribution is 7.91. The fraction of sp³-hybridized carbons (Fsp3) is 0.545. The van der Waals surface area contributed by atoms with E-state index < -0.39 is 21.9 Å². The van der Waals surface area contributed by atoms with Crippen molar-refractivity contribution in [2.24, 2.45) is 5.92 Å². The summed E-state index contributed by atoms with van der Waals surface area (Å²) < 4.78 is 26.4. The molecule has 1 aliphatic heterocycles. The molecule has 5 nitrogen and oxygen atoms in total. The molecule has 0 aliphatic carbocycles. The molecule has 100 valence electrons. The molecule has 1 fully saturated rings. The van der Waals surface area contributed by atoms with Gasteiger partial charge in [-0.05, 0) is 36.8 Å². The maximum Gasteiger partial charge on any atom is 0.307 e. The zero-order valence-corrected chi connectivity index (χ0v) is 11.6. The molecule has 1 aliphatic rings. The normalized spacial score (nSPS) is 21.9. The summed E-state index contributed by atoms with van der Waals surface area (Å²) in [6.07, 6.45) is 1.14. The van der Waals surface area contributed by atoms with Gasteiger partial charge in [-0.1, -0.05) is 0 Å². The predicted octanol–water partition coefficient (Wildman–Crippen LogP) is 1.54. The number of hydrogen-bond acceptors (Lipinski definition) is 4. The lowest BCUT2D eigenvalue weighted by atomic mass is 10.0. The predicted molar refractivity (Wildman–Crippen MR) is 68.2 cm³/mol. The van der Waals surface area contributed by atoms with Gasteiger partial charge in [-0.3, -0.25) is 4.79 Å². The first kappa shape index (κ1) is 13.5. The summed E-state index contributed by atoms with van der Waals surface area (Å²) in [5.74, 6) is -1.51. The van der Waals surface area contributed by atoms with Crippen LogP contribution >= 0.6 is 11.3 Å². The van der Waals surface area contributed by atoms with Crippen molar-refractivity contribution in [2.45, 2.75) is 24.0 Å². The molecule has 0 aromatic carbocycles. The summed E-state index contributed by atoms with van der Waals surface area (Å²) in [5, 5.41) is 10.7. The molecule has 7 heteroatoms. The van der Waals surface area contributed by atoms with E-state index in [-0.39, 0.29) is 6.54 Å². The van der Waals surface area contributed by atoms with Crippen LogP contribution in [0.25, 0.3) is 0 Å². The van der Waals surface area contributed by atoms with E-state index in [0.717, 1.165) is 5.56 Å². The van der Waals surface area contributed by atoms with Crippen LogP contribution in [0, 0.1) is 12.8 Å². The van der Waals surface area contributed by atoms with Crippen LogP contribution in [0.4, 0.5) is 0 Å². The highest BCUT2D eigenvalue weighted by Gasteiger charge is 2.34. The number of aliphatic carboxylic acids is 1. The molecule has 2 rings (SSSR count). The first-order valence-electron chi connectivity index (χ1n) is 5.70. The van der Waals surface area contributed by atoms with Gasteiger partial charge >= 0.3 is 5.97 Å². The van der Waals surface area contributed by atoms with E-state index in [0.29, 0.717) is 23.6 Å². The van der Waals surface area contributed by atoms with Gasteiger partial charge in [-0.25, -0.2) is 8.42 Å². The lowest BCUT2D eigenvalue weighted by molar-refractivity contribution is -0.142. The van der Waals surface area contributed by atoms with Crippen LogP contribution in [0.1, 0.15) is 18.4 Å². The first-order valence-corrected chi connectivity index (χ1v) is 8.02. The Morgan fingerprint density at radius 1 is 1.56 bits per heavy atom. The summed E-state index contributed by atoms with van der Waals surface area (Å²) in [5.41, 5.74) is 0.720. The number of aryl methyl sites for hydroxylation is 1. The lowest BCUT2D eigenvalue weighted by Gasteiger charge is -2.29. The van der Waals surface area contributed by atoms with Crippen molar-refractivity contribution >= 4 is 27.3 Å². The second kappa shape index (κ2) is 4.99. The van der Waals surface area contributed by atoms with Gasteiger partial charge in [0.05, 0.1) is 5.92 Å². The van der Waals surface area contributed by atoms with Gasteiger partial charge in [0.2, 0.25) is 0 Å². The highest BCUT2D eigenvalue weighted by Crippen LogP contribution is 2.29. The number of carbonyl (C=O) groups is 1.